The minimum absolute atomic E-state index is 0.107. The predicted octanol–water partition coefficient (Wildman–Crippen LogP) is 2.16. The maximum Gasteiger partial charge on any atom is 0.419 e. The lowest BCUT2D eigenvalue weighted by atomic mass is 10.0. The van der Waals surface area contributed by atoms with E-state index in [0.717, 1.165) is 25.2 Å². The Balaban J connectivity index is 1.62. The van der Waals surface area contributed by atoms with Crippen molar-refractivity contribution in [3.05, 3.63) is 18.0 Å². The second-order valence-corrected chi connectivity index (χ2v) is 5.57. The number of hydrogen-bond donors (Lipinski definition) is 1. The Morgan fingerprint density at radius 1 is 1.14 bits per heavy atom. The van der Waals surface area contributed by atoms with Crippen molar-refractivity contribution in [2.45, 2.75) is 43.7 Å². The average Bonchev–Trinajstić information content (AvgIpc) is 3.24. The molecule has 1 aliphatic heterocycles. The lowest BCUT2D eigenvalue weighted by Gasteiger charge is -2.35. The molecule has 1 aromatic rings. The summed E-state index contributed by atoms with van der Waals surface area (Å²) in [7, 11) is 0. The fourth-order valence-electron chi connectivity index (χ4n) is 2.46. The van der Waals surface area contributed by atoms with Crippen LogP contribution in [-0.2, 0) is 6.18 Å². The summed E-state index contributed by atoms with van der Waals surface area (Å²) in [5, 5.41) is 3.25. The zero-order valence-electron chi connectivity index (χ0n) is 11.3. The summed E-state index contributed by atoms with van der Waals surface area (Å²) in [5.41, 5.74) is -0.895. The first-order valence-corrected chi connectivity index (χ1v) is 6.98. The van der Waals surface area contributed by atoms with Crippen LogP contribution in [0.5, 0.6) is 0 Å². The average molecular weight is 304 g/mol. The van der Waals surface area contributed by atoms with E-state index in [1.807, 2.05) is 0 Å². The van der Waals surface area contributed by atoms with Crippen LogP contribution in [-0.4, -0.2) is 41.3 Å². The largest absolute Gasteiger partial charge is 0.419 e. The Morgan fingerprint density at radius 3 is 2.33 bits per heavy atom. The van der Waals surface area contributed by atoms with Gasteiger partial charge >= 0.3 is 6.18 Å². The summed E-state index contributed by atoms with van der Waals surface area (Å²) in [6.07, 6.45) is -1.26. The second kappa shape index (κ2) is 5.40. The van der Waals surface area contributed by atoms with Gasteiger partial charge in [0, 0.05) is 31.0 Å². The van der Waals surface area contributed by atoms with Gasteiger partial charge in [0.15, 0.2) is 0 Å². The lowest BCUT2D eigenvalue weighted by Crippen LogP contribution is -2.51. The van der Waals surface area contributed by atoms with Gasteiger partial charge < -0.3 is 10.2 Å². The van der Waals surface area contributed by atoms with Gasteiger partial charge in [-0.05, 0) is 19.3 Å². The Bertz CT molecular complexity index is 486. The molecular weight excluding hydrogens is 288 g/mol. The quantitative estimate of drug-likeness (QED) is 0.869. The van der Waals surface area contributed by atoms with Crippen LogP contribution in [0.3, 0.4) is 0 Å². The van der Waals surface area contributed by atoms with Crippen molar-refractivity contribution in [2.75, 3.05) is 18.0 Å². The van der Waals surface area contributed by atoms with Crippen molar-refractivity contribution >= 4 is 5.95 Å². The molecule has 1 N–H and O–H groups in total. The molecule has 8 heteroatoms. The molecule has 116 valence electrons. The monoisotopic (exact) mass is 304 g/mol. The predicted molar refractivity (Wildman–Crippen MR) is 68.7 cm³/mol. The van der Waals surface area contributed by atoms with Gasteiger partial charge in [-0.1, -0.05) is 0 Å². The van der Waals surface area contributed by atoms with Gasteiger partial charge in [-0.3, -0.25) is 0 Å². The molecule has 21 heavy (non-hydrogen) atoms. The molecule has 0 radical (unpaired) electrons. The molecule has 0 aromatic carbocycles. The summed E-state index contributed by atoms with van der Waals surface area (Å²) in [6, 6.07) is 0.255. The van der Waals surface area contributed by atoms with Crippen LogP contribution in [0.1, 0.15) is 24.8 Å². The number of nitrogens with zero attached hydrogens (tertiary/aromatic N) is 3. The highest BCUT2D eigenvalue weighted by molar-refractivity contribution is 5.32. The summed E-state index contributed by atoms with van der Waals surface area (Å²) >= 11 is 0. The van der Waals surface area contributed by atoms with Crippen molar-refractivity contribution in [3.63, 3.8) is 0 Å². The van der Waals surface area contributed by atoms with Crippen molar-refractivity contribution in [3.8, 4) is 0 Å². The maximum atomic E-state index is 14.1. The molecular formula is C13H16F4N4. The number of alkyl halides is 4. The number of rotatable bonds is 3. The highest BCUT2D eigenvalue weighted by atomic mass is 19.4. The number of piperidine rings is 1. The third-order valence-electron chi connectivity index (χ3n) is 3.82. The number of nitrogens with one attached hydrogen (secondary N) is 1. The standard InChI is InChI=1S/C13H16F4N4/c14-10-7-21(4-3-11(10)20-9-1-2-9)12-18-5-8(6-19-12)13(15,16)17/h5-6,9-11,20H,1-4,7H2/t10-,11+/m0/s1. The zero-order chi connectivity index (χ0) is 15.0. The van der Waals surface area contributed by atoms with E-state index in [-0.39, 0.29) is 18.5 Å². The van der Waals surface area contributed by atoms with E-state index < -0.39 is 17.9 Å². The molecule has 1 aliphatic carbocycles. The van der Waals surface area contributed by atoms with Gasteiger partial charge in [0.2, 0.25) is 5.95 Å². The van der Waals surface area contributed by atoms with Crippen LogP contribution in [0.4, 0.5) is 23.5 Å². The number of anilines is 1. The van der Waals surface area contributed by atoms with E-state index in [4.69, 9.17) is 0 Å². The first-order valence-electron chi connectivity index (χ1n) is 6.98. The van der Waals surface area contributed by atoms with Crippen LogP contribution in [0.15, 0.2) is 12.4 Å². The highest BCUT2D eigenvalue weighted by Crippen LogP contribution is 2.29. The lowest BCUT2D eigenvalue weighted by molar-refractivity contribution is -0.138. The third-order valence-corrected chi connectivity index (χ3v) is 3.82. The highest BCUT2D eigenvalue weighted by Gasteiger charge is 2.35. The molecule has 0 bridgehead atoms. The van der Waals surface area contributed by atoms with Gasteiger partial charge in [0.1, 0.15) is 6.17 Å². The summed E-state index contributed by atoms with van der Waals surface area (Å²) in [4.78, 5) is 9.01. The fraction of sp³-hybridized carbons (Fsp3) is 0.692. The fourth-order valence-corrected chi connectivity index (χ4v) is 2.46. The van der Waals surface area contributed by atoms with Crippen molar-refractivity contribution in [2.24, 2.45) is 0 Å². The number of aromatic nitrogens is 2. The van der Waals surface area contributed by atoms with Crippen molar-refractivity contribution < 1.29 is 17.6 Å². The molecule has 2 aliphatic rings. The Kier molecular flexibility index (Phi) is 3.73. The van der Waals surface area contributed by atoms with E-state index in [9.17, 15) is 17.6 Å². The van der Waals surface area contributed by atoms with Gasteiger partial charge in [-0.25, -0.2) is 14.4 Å². The van der Waals surface area contributed by atoms with E-state index in [1.54, 1.807) is 4.90 Å². The van der Waals surface area contributed by atoms with Gasteiger partial charge in [0.25, 0.3) is 0 Å². The SMILES string of the molecule is F[C@H]1CN(c2ncc(C(F)(F)F)cn2)CC[C@H]1NC1CC1. The smallest absolute Gasteiger partial charge is 0.338 e. The minimum atomic E-state index is -4.46. The molecule has 1 saturated carbocycles. The molecule has 0 spiro atoms. The molecule has 1 aromatic heterocycles. The maximum absolute atomic E-state index is 14.1. The molecule has 2 heterocycles. The number of hydrogen-bond acceptors (Lipinski definition) is 4. The van der Waals surface area contributed by atoms with Crippen molar-refractivity contribution in [1.82, 2.24) is 15.3 Å². The number of halogens is 4. The zero-order valence-corrected chi connectivity index (χ0v) is 11.3. The molecule has 0 unspecified atom stereocenters. The van der Waals surface area contributed by atoms with Crippen LogP contribution < -0.4 is 10.2 Å². The first-order chi connectivity index (χ1) is 9.93. The van der Waals surface area contributed by atoms with E-state index in [0.29, 0.717) is 19.0 Å². The molecule has 4 nitrogen and oxygen atoms in total. The van der Waals surface area contributed by atoms with Crippen LogP contribution in [0.2, 0.25) is 0 Å². The van der Waals surface area contributed by atoms with Crippen LogP contribution >= 0.6 is 0 Å². The first kappa shape index (κ1) is 14.5. The van der Waals surface area contributed by atoms with Crippen LogP contribution in [0, 0.1) is 0 Å². The topological polar surface area (TPSA) is 41.1 Å². The van der Waals surface area contributed by atoms with Gasteiger partial charge in [0.05, 0.1) is 12.1 Å². The second-order valence-electron chi connectivity index (χ2n) is 5.57. The normalized spacial score (nSPS) is 27.0. The Hall–Kier alpha value is -1.44. The minimum Gasteiger partial charge on any atom is -0.338 e. The Morgan fingerprint density at radius 2 is 1.81 bits per heavy atom. The van der Waals surface area contributed by atoms with Gasteiger partial charge in [-0.15, -0.1) is 0 Å². The molecule has 1 saturated heterocycles. The van der Waals surface area contributed by atoms with Crippen molar-refractivity contribution in [1.29, 1.82) is 0 Å². The van der Waals surface area contributed by atoms with Crippen LogP contribution in [0.25, 0.3) is 0 Å². The summed E-state index contributed by atoms with van der Waals surface area (Å²) in [5.74, 6) is 0.149. The molecule has 3 rings (SSSR count). The third kappa shape index (κ3) is 3.42. The van der Waals surface area contributed by atoms with E-state index >= 15 is 0 Å². The molecule has 2 atom stereocenters. The summed E-state index contributed by atoms with van der Waals surface area (Å²) in [6.45, 7) is 0.645. The van der Waals surface area contributed by atoms with E-state index in [1.165, 1.54) is 0 Å². The molecule has 0 amide bonds. The van der Waals surface area contributed by atoms with E-state index in [2.05, 4.69) is 15.3 Å². The molecule has 2 fully saturated rings. The summed E-state index contributed by atoms with van der Waals surface area (Å²) < 4.78 is 51.4. The van der Waals surface area contributed by atoms with Gasteiger partial charge in [-0.2, -0.15) is 13.2 Å². The Labute approximate surface area is 119 Å².